The molecule has 16 nitrogen and oxygen atoms in total. The summed E-state index contributed by atoms with van der Waals surface area (Å²) >= 11 is 6.52. The molecule has 64 heavy (non-hydrogen) atoms. The van der Waals surface area contributed by atoms with Gasteiger partial charge in [-0.15, -0.1) is 0 Å². The maximum absolute atomic E-state index is 13.2. The molecule has 4 aliphatic heterocycles. The van der Waals surface area contributed by atoms with Crippen molar-refractivity contribution in [2.45, 2.75) is 57.2 Å². The van der Waals surface area contributed by atoms with Crippen LogP contribution in [0.15, 0.2) is 60.8 Å². The predicted octanol–water partition coefficient (Wildman–Crippen LogP) is 6.09. The maximum Gasteiger partial charge on any atom is 0.255 e. The number of carbonyl (C=O) groups excluding carboxylic acids is 3. The number of ether oxygens (including phenoxy) is 3. The second-order valence-corrected chi connectivity index (χ2v) is 20.7. The minimum Gasteiger partial charge on any atom is -0.494 e. The molecule has 1 atom stereocenters. The van der Waals surface area contributed by atoms with E-state index in [0.717, 1.165) is 82.7 Å². The van der Waals surface area contributed by atoms with Crippen molar-refractivity contribution >= 4 is 70.6 Å². The van der Waals surface area contributed by atoms with Gasteiger partial charge in [0.2, 0.25) is 17.8 Å². The van der Waals surface area contributed by atoms with Gasteiger partial charge in [0.05, 0.1) is 39.3 Å². The van der Waals surface area contributed by atoms with E-state index in [1.165, 1.54) is 6.20 Å². The van der Waals surface area contributed by atoms with Gasteiger partial charge in [0.1, 0.15) is 41.1 Å². The number of imide groups is 1. The molecule has 4 aromatic rings. The summed E-state index contributed by atoms with van der Waals surface area (Å²) in [6.07, 6.45) is 6.11. The first-order valence-corrected chi connectivity index (χ1v) is 25.0. The highest BCUT2D eigenvalue weighted by atomic mass is 35.5. The molecule has 3 saturated heterocycles. The number of piperidine rings is 2. The molecule has 5 heterocycles. The number of unbranched alkanes of at least 4 members (excludes halogenated alkanes) is 1. The molecule has 340 valence electrons. The lowest BCUT2D eigenvalue weighted by Gasteiger charge is -2.43. The van der Waals surface area contributed by atoms with E-state index in [4.69, 9.17) is 25.8 Å². The Hall–Kier alpha value is -5.41. The van der Waals surface area contributed by atoms with Gasteiger partial charge in [0, 0.05) is 86.0 Å². The van der Waals surface area contributed by atoms with Crippen LogP contribution in [-0.2, 0) is 20.7 Å². The first-order chi connectivity index (χ1) is 30.9. The molecule has 18 heteroatoms. The molecule has 3 aromatic carbocycles. The average Bonchev–Trinajstić information content (AvgIpc) is 3.63. The Morgan fingerprint density at radius 1 is 0.875 bits per heavy atom. The number of benzene rings is 3. The van der Waals surface area contributed by atoms with E-state index in [1.54, 1.807) is 38.5 Å². The van der Waals surface area contributed by atoms with Crippen LogP contribution < -0.4 is 40.4 Å². The zero-order valence-electron chi connectivity index (χ0n) is 36.9. The summed E-state index contributed by atoms with van der Waals surface area (Å²) in [7, 11) is 0.686. The van der Waals surface area contributed by atoms with Gasteiger partial charge in [0.15, 0.2) is 5.82 Å². The molecule has 1 unspecified atom stereocenters. The number of carbonyl (C=O) groups is 3. The zero-order chi connectivity index (χ0) is 45.0. The van der Waals surface area contributed by atoms with Crippen LogP contribution >= 0.6 is 18.7 Å². The number of hydrogen-bond donors (Lipinski definition) is 3. The van der Waals surface area contributed by atoms with E-state index in [1.807, 2.05) is 48.5 Å². The monoisotopic (exact) mass is 913 g/mol. The number of aromatic nitrogens is 2. The fourth-order valence-corrected chi connectivity index (χ4v) is 10.5. The van der Waals surface area contributed by atoms with Crippen LogP contribution in [0.3, 0.4) is 0 Å². The van der Waals surface area contributed by atoms with Crippen molar-refractivity contribution in [3.05, 3.63) is 76.9 Å². The molecule has 3 amide bonds. The molecular formula is C46H57ClN9O7P. The Morgan fingerprint density at radius 2 is 1.61 bits per heavy atom. The van der Waals surface area contributed by atoms with Gasteiger partial charge < -0.3 is 44.1 Å². The van der Waals surface area contributed by atoms with E-state index >= 15 is 0 Å². The largest absolute Gasteiger partial charge is 0.494 e. The minimum atomic E-state index is -2.57. The minimum absolute atomic E-state index is 0.192. The van der Waals surface area contributed by atoms with Gasteiger partial charge in [-0.25, -0.2) is 4.98 Å². The molecule has 1 aromatic heterocycles. The van der Waals surface area contributed by atoms with E-state index in [2.05, 4.69) is 40.6 Å². The smallest absolute Gasteiger partial charge is 0.255 e. The standard InChI is InChI=1S/C46H57ClN9O7P/c1-61-38-26-31(27-39(62-2)42(38)51-46-48-28-34(47)43(52-46)49-35-11-5-6-13-40(35)64(3,4)60)54-19-16-30(17-20-54)55-23-21-53(22-24-55)18-7-8-25-63-37-12-9-10-32-33(37)29-56(45(32)59)36-14-15-41(57)50-44(36)58/h5-6,9-13,26-28,30,36H,7-8,14-25,29H2,1-4H3,(H,50,57,58)(H2,48,49,51,52). The highest BCUT2D eigenvalue weighted by Gasteiger charge is 2.40. The number of hydrogen-bond acceptors (Lipinski definition) is 14. The van der Waals surface area contributed by atoms with Crippen molar-refractivity contribution < 1.29 is 33.2 Å². The fraction of sp³-hybridized carbons (Fsp3) is 0.457. The Balaban J connectivity index is 0.789. The number of amides is 3. The molecule has 0 aliphatic carbocycles. The summed E-state index contributed by atoms with van der Waals surface area (Å²) in [4.78, 5) is 55.5. The van der Waals surface area contributed by atoms with Crippen LogP contribution in [0.1, 0.15) is 54.4 Å². The summed E-state index contributed by atoms with van der Waals surface area (Å²) < 4.78 is 30.9. The summed E-state index contributed by atoms with van der Waals surface area (Å²) in [5, 5.41) is 9.91. The first-order valence-electron chi connectivity index (χ1n) is 22.0. The van der Waals surface area contributed by atoms with Crippen molar-refractivity contribution in [3.63, 3.8) is 0 Å². The Morgan fingerprint density at radius 3 is 2.31 bits per heavy atom. The highest BCUT2D eigenvalue weighted by Crippen LogP contribution is 2.42. The van der Waals surface area contributed by atoms with E-state index < -0.39 is 19.1 Å². The molecule has 8 rings (SSSR count). The maximum atomic E-state index is 13.2. The van der Waals surface area contributed by atoms with Crippen LogP contribution in [-0.4, -0.2) is 134 Å². The Bertz CT molecular complexity index is 2390. The second kappa shape index (κ2) is 19.8. The molecule has 4 aliphatic rings. The number of methoxy groups -OCH3 is 2. The lowest BCUT2D eigenvalue weighted by atomic mass is 10.0. The molecule has 0 spiro atoms. The summed E-state index contributed by atoms with van der Waals surface area (Å²) in [5.41, 5.74) is 3.65. The van der Waals surface area contributed by atoms with E-state index in [-0.39, 0.29) is 24.2 Å². The SMILES string of the molecule is COc1cc(N2CCC(N3CCN(CCCCOc4cccc5c4CN(C4CCC(=O)NC4=O)C5=O)CC3)CC2)cc(OC)c1Nc1ncc(Cl)c(Nc2ccccc2P(C)(C)=O)n1. The van der Waals surface area contributed by atoms with Crippen molar-refractivity contribution in [3.8, 4) is 17.2 Å². The van der Waals surface area contributed by atoms with Crippen LogP contribution in [0.4, 0.5) is 28.8 Å². The van der Waals surface area contributed by atoms with Gasteiger partial charge >= 0.3 is 0 Å². The predicted molar refractivity (Wildman–Crippen MR) is 249 cm³/mol. The summed E-state index contributed by atoms with van der Waals surface area (Å²) in [5.74, 6) is 1.63. The van der Waals surface area contributed by atoms with Gasteiger partial charge in [-0.1, -0.05) is 29.8 Å². The normalized spacial score (nSPS) is 18.8. The third-order valence-electron chi connectivity index (χ3n) is 12.6. The number of para-hydroxylation sites is 1. The molecule has 3 N–H and O–H groups in total. The molecule has 0 saturated carbocycles. The second-order valence-electron chi connectivity index (χ2n) is 17.1. The van der Waals surface area contributed by atoms with Crippen LogP contribution in [0.25, 0.3) is 0 Å². The van der Waals surface area contributed by atoms with Crippen molar-refractivity contribution in [1.82, 2.24) is 30.0 Å². The van der Waals surface area contributed by atoms with E-state index in [9.17, 15) is 18.9 Å². The third kappa shape index (κ3) is 10.1. The number of piperazine rings is 1. The Kier molecular flexibility index (Phi) is 14.0. The number of anilines is 5. The highest BCUT2D eigenvalue weighted by molar-refractivity contribution is 7.70. The van der Waals surface area contributed by atoms with Gasteiger partial charge in [-0.2, -0.15) is 4.98 Å². The molecule has 0 bridgehead atoms. The topological polar surface area (TPSA) is 171 Å². The van der Waals surface area contributed by atoms with Gasteiger partial charge in [-0.05, 0) is 76.2 Å². The zero-order valence-corrected chi connectivity index (χ0v) is 38.6. The lowest BCUT2D eigenvalue weighted by Crippen LogP contribution is -2.53. The first kappa shape index (κ1) is 45.2. The van der Waals surface area contributed by atoms with Crippen LogP contribution in [0.2, 0.25) is 5.02 Å². The fourth-order valence-electron chi connectivity index (χ4n) is 9.16. The van der Waals surface area contributed by atoms with Gasteiger partial charge in [0.25, 0.3) is 5.91 Å². The quantitative estimate of drug-likeness (QED) is 0.0671. The molecular weight excluding hydrogens is 857 g/mol. The van der Waals surface area contributed by atoms with E-state index in [0.29, 0.717) is 75.9 Å². The summed E-state index contributed by atoms with van der Waals surface area (Å²) in [6.45, 7) is 11.3. The Labute approximate surface area is 379 Å². The van der Waals surface area contributed by atoms with Crippen molar-refractivity contribution in [2.24, 2.45) is 0 Å². The van der Waals surface area contributed by atoms with Crippen LogP contribution in [0, 0.1) is 0 Å². The number of rotatable bonds is 16. The molecule has 0 radical (unpaired) electrons. The summed E-state index contributed by atoms with van der Waals surface area (Å²) in [6, 6.07) is 16.8. The number of nitrogens with one attached hydrogen (secondary N) is 3. The van der Waals surface area contributed by atoms with Crippen molar-refractivity contribution in [2.75, 3.05) is 95.5 Å². The number of nitrogens with zero attached hydrogens (tertiary/aromatic N) is 6. The molecule has 3 fully saturated rings. The lowest BCUT2D eigenvalue weighted by molar-refractivity contribution is -0.136. The average molecular weight is 914 g/mol. The van der Waals surface area contributed by atoms with Gasteiger partial charge in [-0.3, -0.25) is 24.6 Å². The third-order valence-corrected chi connectivity index (χ3v) is 14.5. The number of halogens is 1. The van der Waals surface area contributed by atoms with Crippen molar-refractivity contribution in [1.29, 1.82) is 0 Å². The number of fused-ring (bicyclic) bond motifs is 1. The van der Waals surface area contributed by atoms with Crippen LogP contribution in [0.5, 0.6) is 17.2 Å².